The maximum Gasteiger partial charge on any atom is 0.224 e. The van der Waals surface area contributed by atoms with Crippen LogP contribution >= 0.6 is 46.9 Å². The first-order valence-electron chi connectivity index (χ1n) is 9.48. The summed E-state index contributed by atoms with van der Waals surface area (Å²) in [4.78, 5) is 22.4. The van der Waals surface area contributed by atoms with Crippen molar-refractivity contribution in [3.63, 3.8) is 0 Å². The van der Waals surface area contributed by atoms with Crippen molar-refractivity contribution in [2.75, 3.05) is 25.0 Å². The number of anilines is 1. The number of aryl methyl sites for hydroxylation is 2. The molecule has 2 rings (SSSR count). The Hall–Kier alpha value is -1.39. The molecule has 0 aliphatic rings. The van der Waals surface area contributed by atoms with Crippen LogP contribution in [0.2, 0.25) is 5.02 Å². The topological polar surface area (TPSA) is 78.4 Å². The van der Waals surface area contributed by atoms with E-state index in [-0.39, 0.29) is 29.9 Å². The van der Waals surface area contributed by atoms with Crippen LogP contribution in [-0.4, -0.2) is 36.5 Å². The lowest BCUT2D eigenvalue weighted by molar-refractivity contribution is -0.116. The molecule has 9 heteroatoms. The number of aliphatic imine (C=N–C) groups is 1. The Morgan fingerprint density at radius 3 is 2.55 bits per heavy atom. The molecule has 3 N–H and O–H groups in total. The molecule has 0 saturated carbocycles. The third kappa shape index (κ3) is 9.77. The van der Waals surface area contributed by atoms with E-state index < -0.39 is 0 Å². The van der Waals surface area contributed by atoms with Crippen LogP contribution in [0.15, 0.2) is 29.3 Å². The molecular weight excluding hydrogens is 521 g/mol. The molecular formula is C20H29ClIN5OS. The molecule has 2 aromatic rings. The number of thiazole rings is 1. The third-order valence-corrected chi connectivity index (χ3v) is 5.39. The number of carbonyl (C=O) groups excluding carboxylic acids is 1. The van der Waals surface area contributed by atoms with Crippen LogP contribution in [-0.2, 0) is 11.2 Å². The van der Waals surface area contributed by atoms with Crippen LogP contribution in [0, 0.1) is 13.8 Å². The van der Waals surface area contributed by atoms with Gasteiger partial charge in [0.2, 0.25) is 5.91 Å². The van der Waals surface area contributed by atoms with E-state index in [2.05, 4.69) is 32.9 Å². The minimum atomic E-state index is -0.0232. The van der Waals surface area contributed by atoms with E-state index >= 15 is 0 Å². The van der Waals surface area contributed by atoms with Crippen molar-refractivity contribution in [1.82, 2.24) is 15.6 Å². The Morgan fingerprint density at radius 2 is 1.93 bits per heavy atom. The number of nitrogens with zero attached hydrogens (tertiary/aromatic N) is 2. The van der Waals surface area contributed by atoms with Gasteiger partial charge >= 0.3 is 0 Å². The van der Waals surface area contributed by atoms with E-state index in [1.807, 2.05) is 13.8 Å². The summed E-state index contributed by atoms with van der Waals surface area (Å²) in [5.41, 5.74) is 1.86. The number of halogens is 2. The molecule has 0 aliphatic carbocycles. The van der Waals surface area contributed by atoms with E-state index in [0.29, 0.717) is 24.4 Å². The second-order valence-corrected chi connectivity index (χ2v) is 8.07. The average Bonchev–Trinajstić information content (AvgIpc) is 2.98. The molecule has 29 heavy (non-hydrogen) atoms. The summed E-state index contributed by atoms with van der Waals surface area (Å²) in [6, 6.07) is 7.09. The molecule has 0 unspecified atom stereocenters. The van der Waals surface area contributed by atoms with E-state index in [9.17, 15) is 4.79 Å². The van der Waals surface area contributed by atoms with Gasteiger partial charge in [0, 0.05) is 48.1 Å². The number of nitrogens with one attached hydrogen (secondary N) is 3. The van der Waals surface area contributed by atoms with Crippen LogP contribution in [0.3, 0.4) is 0 Å². The predicted octanol–water partition coefficient (Wildman–Crippen LogP) is 4.55. The first-order chi connectivity index (χ1) is 13.5. The lowest BCUT2D eigenvalue weighted by Gasteiger charge is -2.10. The zero-order valence-electron chi connectivity index (χ0n) is 17.0. The molecule has 0 fully saturated rings. The summed E-state index contributed by atoms with van der Waals surface area (Å²) in [7, 11) is 0. The fourth-order valence-corrected chi connectivity index (χ4v) is 3.52. The molecule has 0 atom stereocenters. The van der Waals surface area contributed by atoms with Crippen molar-refractivity contribution in [1.29, 1.82) is 0 Å². The highest BCUT2D eigenvalue weighted by molar-refractivity contribution is 14.0. The second-order valence-electron chi connectivity index (χ2n) is 6.35. The molecule has 0 saturated heterocycles. The Bertz CT molecular complexity index is 775. The smallest absolute Gasteiger partial charge is 0.224 e. The molecule has 1 aromatic heterocycles. The molecule has 160 valence electrons. The first kappa shape index (κ1) is 25.6. The fraction of sp³-hybridized carbons (Fsp3) is 0.450. The normalized spacial score (nSPS) is 11.0. The van der Waals surface area contributed by atoms with Crippen LogP contribution < -0.4 is 16.0 Å². The number of guanidine groups is 1. The van der Waals surface area contributed by atoms with Gasteiger partial charge in [-0.3, -0.25) is 9.79 Å². The zero-order chi connectivity index (χ0) is 20.4. The van der Waals surface area contributed by atoms with Gasteiger partial charge in [-0.25, -0.2) is 4.98 Å². The second kappa shape index (κ2) is 13.8. The largest absolute Gasteiger partial charge is 0.357 e. The summed E-state index contributed by atoms with van der Waals surface area (Å²) in [5, 5.41) is 11.2. The minimum Gasteiger partial charge on any atom is -0.357 e. The van der Waals surface area contributed by atoms with Gasteiger partial charge in [0.15, 0.2) is 5.96 Å². The molecule has 6 nitrogen and oxygen atoms in total. The van der Waals surface area contributed by atoms with Gasteiger partial charge in [0.25, 0.3) is 0 Å². The summed E-state index contributed by atoms with van der Waals surface area (Å²) >= 11 is 7.58. The SMILES string of the molecule is CCNC(=NCCCC(=O)Nc1ccc(Cl)cc1)NCCc1nc(C)c(C)s1.I. The molecule has 1 amide bonds. The van der Waals surface area contributed by atoms with Crippen LogP contribution in [0.1, 0.15) is 35.3 Å². The Morgan fingerprint density at radius 1 is 1.21 bits per heavy atom. The molecule has 0 aliphatic heterocycles. The van der Waals surface area contributed by atoms with Crippen LogP contribution in [0.4, 0.5) is 5.69 Å². The Labute approximate surface area is 199 Å². The van der Waals surface area contributed by atoms with E-state index in [4.69, 9.17) is 11.6 Å². The van der Waals surface area contributed by atoms with E-state index in [1.165, 1.54) is 4.88 Å². The predicted molar refractivity (Wildman–Crippen MR) is 134 cm³/mol. The van der Waals surface area contributed by atoms with Gasteiger partial charge in [-0.1, -0.05) is 11.6 Å². The van der Waals surface area contributed by atoms with Crippen molar-refractivity contribution in [2.45, 2.75) is 40.0 Å². The van der Waals surface area contributed by atoms with Crippen LogP contribution in [0.25, 0.3) is 0 Å². The Kier molecular flexibility index (Phi) is 12.2. The molecule has 0 bridgehead atoms. The van der Waals surface area contributed by atoms with Crippen molar-refractivity contribution in [3.05, 3.63) is 44.9 Å². The molecule has 0 spiro atoms. The van der Waals surface area contributed by atoms with Gasteiger partial charge < -0.3 is 16.0 Å². The molecule has 1 heterocycles. The van der Waals surface area contributed by atoms with Crippen LogP contribution in [0.5, 0.6) is 0 Å². The molecule has 1 aromatic carbocycles. The lowest BCUT2D eigenvalue weighted by Crippen LogP contribution is -2.38. The number of hydrogen-bond donors (Lipinski definition) is 3. The maximum atomic E-state index is 12.0. The van der Waals surface area contributed by atoms with Gasteiger partial charge in [-0.15, -0.1) is 35.3 Å². The summed E-state index contributed by atoms with van der Waals surface area (Å²) in [6.07, 6.45) is 1.97. The highest BCUT2D eigenvalue weighted by atomic mass is 127. The quantitative estimate of drug-likeness (QED) is 0.186. The standard InChI is InChI=1S/C20H28ClN5OS.HI/c1-4-22-20(24-13-11-19-25-14(2)15(3)28-19)23-12-5-6-18(27)26-17-9-7-16(21)8-10-17;/h7-10H,4-6,11-13H2,1-3H3,(H,26,27)(H2,22,23,24);1H. The monoisotopic (exact) mass is 549 g/mol. The maximum absolute atomic E-state index is 12.0. The van der Waals surface area contributed by atoms with Crippen molar-refractivity contribution in [3.8, 4) is 0 Å². The minimum absolute atomic E-state index is 0. The number of aromatic nitrogens is 1. The number of benzene rings is 1. The van der Waals surface area contributed by atoms with Crippen molar-refractivity contribution < 1.29 is 4.79 Å². The van der Waals surface area contributed by atoms with E-state index in [1.54, 1.807) is 35.6 Å². The number of amides is 1. The van der Waals surface area contributed by atoms with Gasteiger partial charge in [-0.05, 0) is 51.5 Å². The average molecular weight is 550 g/mol. The zero-order valence-corrected chi connectivity index (χ0v) is 21.0. The number of rotatable bonds is 9. The summed E-state index contributed by atoms with van der Waals surface area (Å²) in [6.45, 7) is 8.31. The van der Waals surface area contributed by atoms with Gasteiger partial charge in [-0.2, -0.15) is 0 Å². The number of carbonyl (C=O) groups is 1. The van der Waals surface area contributed by atoms with Crippen molar-refractivity contribution >= 4 is 64.5 Å². The lowest BCUT2D eigenvalue weighted by atomic mass is 10.2. The number of hydrogen-bond acceptors (Lipinski definition) is 4. The molecule has 0 radical (unpaired) electrons. The highest BCUT2D eigenvalue weighted by Gasteiger charge is 2.05. The first-order valence-corrected chi connectivity index (χ1v) is 10.7. The summed E-state index contributed by atoms with van der Waals surface area (Å²) < 4.78 is 0. The van der Waals surface area contributed by atoms with Crippen molar-refractivity contribution in [2.24, 2.45) is 4.99 Å². The summed E-state index contributed by atoms with van der Waals surface area (Å²) in [5.74, 6) is 0.746. The van der Waals surface area contributed by atoms with Gasteiger partial charge in [0.1, 0.15) is 0 Å². The Balaban J connectivity index is 0.00000420. The third-order valence-electron chi connectivity index (χ3n) is 4.01. The van der Waals surface area contributed by atoms with Gasteiger partial charge in [0.05, 0.1) is 10.7 Å². The fourth-order valence-electron chi connectivity index (χ4n) is 2.46. The highest BCUT2D eigenvalue weighted by Crippen LogP contribution is 2.16. The van der Waals surface area contributed by atoms with E-state index in [0.717, 1.165) is 41.9 Å².